The normalized spacial score (nSPS) is 20.7. The van der Waals surface area contributed by atoms with E-state index in [9.17, 15) is 31.1 Å². The molecule has 1 saturated heterocycles. The Morgan fingerprint density at radius 3 is 1.90 bits per heavy atom. The maximum Gasteiger partial charge on any atom is 0.416 e. The third-order valence-electron chi connectivity index (χ3n) is 6.33. The molecule has 1 amide bonds. The van der Waals surface area contributed by atoms with Crippen molar-refractivity contribution in [2.45, 2.75) is 63.8 Å². The summed E-state index contributed by atoms with van der Waals surface area (Å²) in [5, 5.41) is 0. The molecule has 1 heterocycles. The van der Waals surface area contributed by atoms with E-state index >= 15 is 0 Å². The Bertz CT molecular complexity index is 730. The van der Waals surface area contributed by atoms with Crippen molar-refractivity contribution in [2.75, 3.05) is 26.2 Å². The molecule has 3 rings (SSSR count). The Hall–Kier alpha value is -1.77. The minimum absolute atomic E-state index is 0.112. The fraction of sp³-hybridized carbons (Fsp3) is 0.682. The van der Waals surface area contributed by atoms with E-state index < -0.39 is 29.4 Å². The Morgan fingerprint density at radius 1 is 0.903 bits per heavy atom. The summed E-state index contributed by atoms with van der Waals surface area (Å²) in [7, 11) is 0. The van der Waals surface area contributed by atoms with Crippen molar-refractivity contribution < 1.29 is 31.1 Å². The van der Waals surface area contributed by atoms with Gasteiger partial charge < -0.3 is 4.90 Å². The van der Waals surface area contributed by atoms with Gasteiger partial charge in [-0.25, -0.2) is 0 Å². The van der Waals surface area contributed by atoms with E-state index in [-0.39, 0.29) is 24.0 Å². The first-order chi connectivity index (χ1) is 14.4. The van der Waals surface area contributed by atoms with Gasteiger partial charge in [0.25, 0.3) is 0 Å². The lowest BCUT2D eigenvalue weighted by atomic mass is 9.93. The molecule has 0 unspecified atom stereocenters. The summed E-state index contributed by atoms with van der Waals surface area (Å²) in [5.41, 5.74) is -2.83. The van der Waals surface area contributed by atoms with Gasteiger partial charge in [0.15, 0.2) is 0 Å². The first kappa shape index (κ1) is 23.9. The average Bonchev–Trinajstić information content (AvgIpc) is 2.72. The number of carbonyl (C=O) groups excluding carboxylic acids is 1. The van der Waals surface area contributed by atoms with Crippen LogP contribution in [0.15, 0.2) is 18.2 Å². The van der Waals surface area contributed by atoms with E-state index in [0.29, 0.717) is 31.3 Å². The van der Waals surface area contributed by atoms with Crippen LogP contribution in [0.1, 0.15) is 55.7 Å². The van der Waals surface area contributed by atoms with Gasteiger partial charge in [-0.1, -0.05) is 26.2 Å². The molecular formula is C22H28F6N2O. The van der Waals surface area contributed by atoms with Crippen LogP contribution in [-0.4, -0.2) is 47.9 Å². The number of carbonyl (C=O) groups is 1. The maximum atomic E-state index is 13.1. The highest BCUT2D eigenvalue weighted by Crippen LogP contribution is 2.37. The SMILES string of the molecule is C[C@H](Cc1cc(C(F)(F)F)cc(C(F)(F)F)c1)C(=O)N1CCN(C2CCCCC2)CC1. The van der Waals surface area contributed by atoms with Gasteiger partial charge in [-0.3, -0.25) is 9.69 Å². The molecule has 1 aliphatic heterocycles. The molecule has 2 fully saturated rings. The number of rotatable bonds is 4. The van der Waals surface area contributed by atoms with Gasteiger partial charge in [-0.15, -0.1) is 0 Å². The van der Waals surface area contributed by atoms with E-state index in [2.05, 4.69) is 4.90 Å². The first-order valence-electron chi connectivity index (χ1n) is 10.8. The lowest BCUT2D eigenvalue weighted by Gasteiger charge is -2.41. The molecule has 1 saturated carbocycles. The summed E-state index contributed by atoms with van der Waals surface area (Å²) < 4.78 is 78.4. The second-order valence-electron chi connectivity index (χ2n) is 8.67. The molecule has 0 radical (unpaired) electrons. The van der Waals surface area contributed by atoms with Crippen LogP contribution in [0.5, 0.6) is 0 Å². The van der Waals surface area contributed by atoms with Crippen molar-refractivity contribution in [3.8, 4) is 0 Å². The van der Waals surface area contributed by atoms with E-state index in [4.69, 9.17) is 0 Å². The zero-order chi connectivity index (χ0) is 22.8. The molecule has 0 N–H and O–H groups in total. The quantitative estimate of drug-likeness (QED) is 0.575. The smallest absolute Gasteiger partial charge is 0.340 e. The number of alkyl halides is 6. The number of nitrogens with zero attached hydrogens (tertiary/aromatic N) is 2. The van der Waals surface area contributed by atoms with Crippen LogP contribution in [0.4, 0.5) is 26.3 Å². The number of hydrogen-bond acceptors (Lipinski definition) is 2. The molecule has 1 atom stereocenters. The second kappa shape index (κ2) is 9.38. The van der Waals surface area contributed by atoms with Gasteiger partial charge in [-0.05, 0) is 43.0 Å². The summed E-state index contributed by atoms with van der Waals surface area (Å²) in [6, 6.07) is 2.08. The summed E-state index contributed by atoms with van der Waals surface area (Å²) in [5.74, 6) is -0.930. The van der Waals surface area contributed by atoms with Gasteiger partial charge in [-0.2, -0.15) is 26.3 Å². The molecule has 9 heteroatoms. The molecule has 1 aromatic carbocycles. The summed E-state index contributed by atoms with van der Waals surface area (Å²) in [4.78, 5) is 16.9. The van der Waals surface area contributed by atoms with Crippen LogP contribution in [-0.2, 0) is 23.6 Å². The Kier molecular flexibility index (Phi) is 7.23. The maximum absolute atomic E-state index is 13.1. The molecular weight excluding hydrogens is 422 g/mol. The minimum atomic E-state index is -4.89. The van der Waals surface area contributed by atoms with Crippen molar-refractivity contribution in [1.29, 1.82) is 0 Å². The largest absolute Gasteiger partial charge is 0.416 e. The fourth-order valence-electron chi connectivity index (χ4n) is 4.64. The molecule has 0 spiro atoms. The lowest BCUT2D eigenvalue weighted by Crippen LogP contribution is -2.53. The number of amides is 1. The van der Waals surface area contributed by atoms with Crippen molar-refractivity contribution in [3.05, 3.63) is 34.9 Å². The van der Waals surface area contributed by atoms with Crippen LogP contribution < -0.4 is 0 Å². The fourth-order valence-corrected chi connectivity index (χ4v) is 4.64. The Labute approximate surface area is 178 Å². The van der Waals surface area contributed by atoms with Gasteiger partial charge in [0.1, 0.15) is 0 Å². The number of halogens is 6. The van der Waals surface area contributed by atoms with Gasteiger partial charge in [0, 0.05) is 38.1 Å². The predicted octanol–water partition coefficient (Wildman–Crippen LogP) is 5.38. The number of hydrogen-bond donors (Lipinski definition) is 0. The molecule has 2 aliphatic rings. The van der Waals surface area contributed by atoms with E-state index in [0.717, 1.165) is 13.1 Å². The third kappa shape index (κ3) is 6.14. The molecule has 31 heavy (non-hydrogen) atoms. The van der Waals surface area contributed by atoms with Crippen molar-refractivity contribution in [3.63, 3.8) is 0 Å². The molecule has 0 aromatic heterocycles. The molecule has 174 valence electrons. The van der Waals surface area contributed by atoms with E-state index in [1.807, 2.05) is 0 Å². The highest BCUT2D eigenvalue weighted by Gasteiger charge is 2.37. The van der Waals surface area contributed by atoms with Crippen LogP contribution >= 0.6 is 0 Å². The van der Waals surface area contributed by atoms with Crippen LogP contribution in [0.3, 0.4) is 0 Å². The van der Waals surface area contributed by atoms with Gasteiger partial charge in [0.2, 0.25) is 5.91 Å². The van der Waals surface area contributed by atoms with Crippen molar-refractivity contribution in [1.82, 2.24) is 9.80 Å². The summed E-state index contributed by atoms with van der Waals surface area (Å²) in [6.07, 6.45) is -3.91. The van der Waals surface area contributed by atoms with Crippen molar-refractivity contribution in [2.24, 2.45) is 5.92 Å². The van der Waals surface area contributed by atoms with Crippen LogP contribution in [0.25, 0.3) is 0 Å². The van der Waals surface area contributed by atoms with Crippen LogP contribution in [0, 0.1) is 5.92 Å². The Balaban J connectivity index is 1.64. The Morgan fingerprint density at radius 2 is 1.42 bits per heavy atom. The highest BCUT2D eigenvalue weighted by molar-refractivity contribution is 5.79. The lowest BCUT2D eigenvalue weighted by molar-refractivity contribution is -0.143. The van der Waals surface area contributed by atoms with E-state index in [1.54, 1.807) is 11.8 Å². The molecule has 3 nitrogen and oxygen atoms in total. The molecule has 1 aliphatic carbocycles. The number of benzene rings is 1. The zero-order valence-corrected chi connectivity index (χ0v) is 17.5. The standard InChI is InChI=1S/C22H28F6N2O/c1-15(11-16-12-17(21(23,24)25)14-18(13-16)22(26,27)28)20(31)30-9-7-29(8-10-30)19-5-3-2-4-6-19/h12-15,19H,2-11H2,1H3/t15-/m1/s1. The zero-order valence-electron chi connectivity index (χ0n) is 17.5. The monoisotopic (exact) mass is 450 g/mol. The topological polar surface area (TPSA) is 23.6 Å². The summed E-state index contributed by atoms with van der Waals surface area (Å²) in [6.45, 7) is 4.14. The molecule has 0 bridgehead atoms. The number of piperazine rings is 1. The third-order valence-corrected chi connectivity index (χ3v) is 6.33. The highest BCUT2D eigenvalue weighted by atomic mass is 19.4. The average molecular weight is 450 g/mol. The second-order valence-corrected chi connectivity index (χ2v) is 8.67. The predicted molar refractivity (Wildman–Crippen MR) is 104 cm³/mol. The first-order valence-corrected chi connectivity index (χ1v) is 10.8. The molecule has 1 aromatic rings. The van der Waals surface area contributed by atoms with Gasteiger partial charge >= 0.3 is 12.4 Å². The minimum Gasteiger partial charge on any atom is -0.340 e. The van der Waals surface area contributed by atoms with Crippen LogP contribution in [0.2, 0.25) is 0 Å². The van der Waals surface area contributed by atoms with Gasteiger partial charge in [0.05, 0.1) is 11.1 Å². The van der Waals surface area contributed by atoms with E-state index in [1.165, 1.54) is 32.1 Å². The summed E-state index contributed by atoms with van der Waals surface area (Å²) >= 11 is 0. The van der Waals surface area contributed by atoms with Crippen molar-refractivity contribution >= 4 is 5.91 Å².